The summed E-state index contributed by atoms with van der Waals surface area (Å²) in [5.41, 5.74) is 5.41. The fourth-order valence-electron chi connectivity index (χ4n) is 0.711. The Bertz CT molecular complexity index is 311. The molecule has 0 saturated carbocycles. The summed E-state index contributed by atoms with van der Waals surface area (Å²) >= 11 is 0. The predicted octanol–water partition coefficient (Wildman–Crippen LogP) is 0.653. The number of anilines is 2. The summed E-state index contributed by atoms with van der Waals surface area (Å²) in [6.07, 6.45) is 1.31. The number of carbonyl (C=O) groups excluding carboxylic acids is 1. The maximum Gasteiger partial charge on any atom is 0.228 e. The van der Waals surface area contributed by atoms with Gasteiger partial charge in [0.05, 0.1) is 0 Å². The molecule has 70 valence electrons. The molecule has 3 N–H and O–H groups in total. The fraction of sp³-hybridized carbons (Fsp3) is 0.375. The first-order valence-electron chi connectivity index (χ1n) is 3.98. The van der Waals surface area contributed by atoms with E-state index in [9.17, 15) is 4.79 Å². The largest absolute Gasteiger partial charge is 0.384 e. The van der Waals surface area contributed by atoms with Crippen LogP contribution in [0.1, 0.15) is 13.8 Å². The van der Waals surface area contributed by atoms with Gasteiger partial charge in [0.25, 0.3) is 0 Å². The second kappa shape index (κ2) is 3.84. The smallest absolute Gasteiger partial charge is 0.228 e. The van der Waals surface area contributed by atoms with Crippen LogP contribution in [0.4, 0.5) is 11.6 Å². The number of hydrogen-bond donors (Lipinski definition) is 2. The van der Waals surface area contributed by atoms with E-state index in [4.69, 9.17) is 5.73 Å². The van der Waals surface area contributed by atoms with Crippen LogP contribution in [0, 0.1) is 5.92 Å². The number of nitrogens with two attached hydrogens (primary N) is 1. The first kappa shape index (κ1) is 9.44. The average Bonchev–Trinajstić information content (AvgIpc) is 2.04. The van der Waals surface area contributed by atoms with Crippen molar-refractivity contribution in [1.82, 2.24) is 9.97 Å². The van der Waals surface area contributed by atoms with Crippen LogP contribution in [0.2, 0.25) is 0 Å². The standard InChI is InChI=1S/C8H12N4O/c1-5(2)8(13)12-7-3-6(9)10-4-11-7/h3-5H,1-2H3,(H3,9,10,11,12,13). The van der Waals surface area contributed by atoms with E-state index >= 15 is 0 Å². The Labute approximate surface area is 76.4 Å². The van der Waals surface area contributed by atoms with Crippen LogP contribution in [0.15, 0.2) is 12.4 Å². The molecule has 0 aromatic carbocycles. The third-order valence-corrected chi connectivity index (χ3v) is 1.46. The molecule has 0 saturated heterocycles. The van der Waals surface area contributed by atoms with E-state index in [0.717, 1.165) is 0 Å². The second-order valence-corrected chi connectivity index (χ2v) is 2.97. The van der Waals surface area contributed by atoms with Crippen molar-refractivity contribution in [3.05, 3.63) is 12.4 Å². The molecule has 1 aromatic heterocycles. The Hall–Kier alpha value is -1.65. The molecule has 0 spiro atoms. The first-order valence-corrected chi connectivity index (χ1v) is 3.98. The molecule has 0 unspecified atom stereocenters. The van der Waals surface area contributed by atoms with Crippen molar-refractivity contribution >= 4 is 17.5 Å². The van der Waals surface area contributed by atoms with E-state index < -0.39 is 0 Å². The van der Waals surface area contributed by atoms with Crippen LogP contribution < -0.4 is 11.1 Å². The van der Waals surface area contributed by atoms with Gasteiger partial charge in [-0.1, -0.05) is 13.8 Å². The van der Waals surface area contributed by atoms with E-state index in [1.54, 1.807) is 13.8 Å². The summed E-state index contributed by atoms with van der Waals surface area (Å²) < 4.78 is 0. The lowest BCUT2D eigenvalue weighted by Crippen LogP contribution is -2.18. The van der Waals surface area contributed by atoms with Gasteiger partial charge in [0.15, 0.2) is 0 Å². The maximum absolute atomic E-state index is 11.2. The molecule has 1 heterocycles. The quantitative estimate of drug-likeness (QED) is 0.700. The second-order valence-electron chi connectivity index (χ2n) is 2.97. The summed E-state index contributed by atoms with van der Waals surface area (Å²) in [5, 5.41) is 2.61. The van der Waals surface area contributed by atoms with Gasteiger partial charge in [-0.05, 0) is 0 Å². The van der Waals surface area contributed by atoms with Crippen LogP contribution >= 0.6 is 0 Å². The summed E-state index contributed by atoms with van der Waals surface area (Å²) in [4.78, 5) is 18.8. The van der Waals surface area contributed by atoms with Crippen molar-refractivity contribution in [3.63, 3.8) is 0 Å². The Morgan fingerprint density at radius 3 is 2.77 bits per heavy atom. The average molecular weight is 180 g/mol. The molecule has 5 nitrogen and oxygen atoms in total. The molecule has 0 atom stereocenters. The van der Waals surface area contributed by atoms with Crippen molar-refractivity contribution in [1.29, 1.82) is 0 Å². The van der Waals surface area contributed by atoms with E-state index in [1.807, 2.05) is 0 Å². The van der Waals surface area contributed by atoms with Crippen molar-refractivity contribution in [2.75, 3.05) is 11.1 Å². The molecule has 0 radical (unpaired) electrons. The molecule has 5 heteroatoms. The molecule has 13 heavy (non-hydrogen) atoms. The van der Waals surface area contributed by atoms with Crippen molar-refractivity contribution < 1.29 is 4.79 Å². The molecular formula is C8H12N4O. The minimum Gasteiger partial charge on any atom is -0.384 e. The van der Waals surface area contributed by atoms with Crippen molar-refractivity contribution in [2.24, 2.45) is 5.92 Å². The van der Waals surface area contributed by atoms with Crippen LogP contribution in [-0.2, 0) is 4.79 Å². The molecule has 0 aliphatic heterocycles. The maximum atomic E-state index is 11.2. The zero-order valence-electron chi connectivity index (χ0n) is 7.61. The van der Waals surface area contributed by atoms with Crippen molar-refractivity contribution in [2.45, 2.75) is 13.8 Å². The van der Waals surface area contributed by atoms with Gasteiger partial charge >= 0.3 is 0 Å². The molecule has 0 aliphatic carbocycles. The molecule has 0 bridgehead atoms. The monoisotopic (exact) mass is 180 g/mol. The zero-order valence-corrected chi connectivity index (χ0v) is 7.61. The number of rotatable bonds is 2. The van der Waals surface area contributed by atoms with Crippen LogP contribution in [0.3, 0.4) is 0 Å². The molecular weight excluding hydrogens is 168 g/mol. The number of carbonyl (C=O) groups is 1. The molecule has 1 rings (SSSR count). The third kappa shape index (κ3) is 2.70. The molecule has 1 aromatic rings. The lowest BCUT2D eigenvalue weighted by atomic mass is 10.2. The van der Waals surface area contributed by atoms with Gasteiger partial charge in [0.1, 0.15) is 18.0 Å². The van der Waals surface area contributed by atoms with Gasteiger partial charge in [-0.3, -0.25) is 4.79 Å². The Morgan fingerprint density at radius 2 is 2.23 bits per heavy atom. The summed E-state index contributed by atoms with van der Waals surface area (Å²) in [7, 11) is 0. The topological polar surface area (TPSA) is 80.9 Å². The highest BCUT2D eigenvalue weighted by atomic mass is 16.1. The lowest BCUT2D eigenvalue weighted by Gasteiger charge is -2.06. The number of nitrogens with zero attached hydrogens (tertiary/aromatic N) is 2. The van der Waals surface area contributed by atoms with E-state index in [2.05, 4.69) is 15.3 Å². The molecule has 0 fully saturated rings. The fourth-order valence-corrected chi connectivity index (χ4v) is 0.711. The summed E-state index contributed by atoms with van der Waals surface area (Å²) in [5.74, 6) is 0.620. The highest BCUT2D eigenvalue weighted by Crippen LogP contribution is 2.06. The van der Waals surface area contributed by atoms with Gasteiger partial charge < -0.3 is 11.1 Å². The number of hydrogen-bond acceptors (Lipinski definition) is 4. The van der Waals surface area contributed by atoms with Crippen molar-refractivity contribution in [3.8, 4) is 0 Å². The Morgan fingerprint density at radius 1 is 1.54 bits per heavy atom. The number of aromatic nitrogens is 2. The van der Waals surface area contributed by atoms with E-state index in [-0.39, 0.29) is 11.8 Å². The van der Waals surface area contributed by atoms with Gasteiger partial charge in [-0.25, -0.2) is 9.97 Å². The first-order chi connectivity index (χ1) is 6.09. The normalized spacial score (nSPS) is 10.1. The Balaban J connectivity index is 2.69. The minimum atomic E-state index is -0.0851. The van der Waals surface area contributed by atoms with E-state index in [1.165, 1.54) is 12.4 Å². The third-order valence-electron chi connectivity index (χ3n) is 1.46. The zero-order chi connectivity index (χ0) is 9.84. The van der Waals surface area contributed by atoms with Gasteiger partial charge in [-0.2, -0.15) is 0 Å². The number of nitrogens with one attached hydrogen (secondary N) is 1. The SMILES string of the molecule is CC(C)C(=O)Nc1cc(N)ncn1. The van der Waals surface area contributed by atoms with Gasteiger partial charge in [0.2, 0.25) is 5.91 Å². The van der Waals surface area contributed by atoms with Gasteiger partial charge in [-0.15, -0.1) is 0 Å². The highest BCUT2D eigenvalue weighted by Gasteiger charge is 2.07. The highest BCUT2D eigenvalue weighted by molar-refractivity contribution is 5.91. The van der Waals surface area contributed by atoms with Crippen LogP contribution in [0.25, 0.3) is 0 Å². The lowest BCUT2D eigenvalue weighted by molar-refractivity contribution is -0.118. The van der Waals surface area contributed by atoms with E-state index in [0.29, 0.717) is 11.6 Å². The van der Waals surface area contributed by atoms with Crippen LogP contribution in [0.5, 0.6) is 0 Å². The predicted molar refractivity (Wildman–Crippen MR) is 49.9 cm³/mol. The summed E-state index contributed by atoms with van der Waals surface area (Å²) in [6.45, 7) is 3.61. The number of nitrogen functional groups attached to an aromatic ring is 1. The number of amides is 1. The van der Waals surface area contributed by atoms with Gasteiger partial charge in [0, 0.05) is 12.0 Å². The minimum absolute atomic E-state index is 0.0730. The molecule has 1 amide bonds. The Kier molecular flexibility index (Phi) is 2.79. The molecule has 0 aliphatic rings. The summed E-state index contributed by atoms with van der Waals surface area (Å²) in [6, 6.07) is 1.51. The van der Waals surface area contributed by atoms with Crippen LogP contribution in [-0.4, -0.2) is 15.9 Å².